The number of aromatic hydroxyl groups is 1. The van der Waals surface area contributed by atoms with Crippen molar-refractivity contribution in [1.82, 2.24) is 9.80 Å². The van der Waals surface area contributed by atoms with Gasteiger partial charge in [0.25, 0.3) is 0 Å². The Bertz CT molecular complexity index is 1380. The number of hydrogen-bond acceptors (Lipinski definition) is 5. The van der Waals surface area contributed by atoms with Gasteiger partial charge in [0.1, 0.15) is 0 Å². The molecule has 6 rings (SSSR count). The van der Waals surface area contributed by atoms with Gasteiger partial charge in [-0.25, -0.2) is 4.39 Å². The topological polar surface area (TPSA) is 70.1 Å². The number of rotatable bonds is 7. The molecule has 0 unspecified atom stereocenters. The van der Waals surface area contributed by atoms with Crippen LogP contribution in [-0.4, -0.2) is 58.6 Å². The quantitative estimate of drug-likeness (QED) is 0.348. The summed E-state index contributed by atoms with van der Waals surface area (Å²) in [6.07, 6.45) is 5.67. The molecular weight excluding hydrogens is 519 g/mol. The van der Waals surface area contributed by atoms with E-state index in [2.05, 4.69) is 36.1 Å². The lowest BCUT2D eigenvalue weighted by Crippen LogP contribution is -2.47. The Morgan fingerprint density at radius 1 is 1.07 bits per heavy atom. The molecule has 1 N–H and O–H groups in total. The summed E-state index contributed by atoms with van der Waals surface area (Å²) in [5.41, 5.74) is 5.50. The van der Waals surface area contributed by atoms with Crippen molar-refractivity contribution < 1.29 is 23.8 Å². The van der Waals surface area contributed by atoms with Crippen molar-refractivity contribution in [2.45, 2.75) is 64.6 Å². The number of piperidine rings is 1. The molecule has 3 aliphatic heterocycles. The van der Waals surface area contributed by atoms with Crippen LogP contribution in [0, 0.1) is 23.6 Å². The van der Waals surface area contributed by atoms with Gasteiger partial charge in [-0.3, -0.25) is 19.4 Å². The molecule has 0 radical (unpaired) electrons. The fourth-order valence-electron chi connectivity index (χ4n) is 7.52. The zero-order chi connectivity index (χ0) is 28.7. The van der Waals surface area contributed by atoms with Crippen LogP contribution in [0.2, 0.25) is 0 Å². The summed E-state index contributed by atoms with van der Waals surface area (Å²) < 4.78 is 20.0. The fraction of sp³-hybridized carbons (Fsp3) is 0.471. The Kier molecular flexibility index (Phi) is 7.84. The van der Waals surface area contributed by atoms with Crippen molar-refractivity contribution >= 4 is 17.9 Å². The highest BCUT2D eigenvalue weighted by molar-refractivity contribution is 6.06. The molecule has 3 heterocycles. The molecule has 2 aromatic carbocycles. The molecular formula is C34H39FN2O4. The third-order valence-electron chi connectivity index (χ3n) is 9.54. The van der Waals surface area contributed by atoms with E-state index in [1.54, 1.807) is 11.0 Å². The van der Waals surface area contributed by atoms with E-state index in [1.165, 1.54) is 28.8 Å². The van der Waals surface area contributed by atoms with Gasteiger partial charge in [-0.2, -0.15) is 0 Å². The first-order chi connectivity index (χ1) is 19.8. The summed E-state index contributed by atoms with van der Waals surface area (Å²) in [4.78, 5) is 31.6. The number of fused-ring (bicyclic) bond motifs is 3. The van der Waals surface area contributed by atoms with Gasteiger partial charge < -0.3 is 9.84 Å². The minimum absolute atomic E-state index is 0.00573. The maximum Gasteiger partial charge on any atom is 0.234 e. The van der Waals surface area contributed by atoms with E-state index >= 15 is 0 Å². The third-order valence-corrected chi connectivity index (χ3v) is 9.54. The maximum atomic E-state index is 13.9. The van der Waals surface area contributed by atoms with E-state index < -0.39 is 5.82 Å². The number of nitrogens with zero attached hydrogens (tertiary/aromatic N) is 2. The fourth-order valence-corrected chi connectivity index (χ4v) is 7.52. The van der Waals surface area contributed by atoms with Crippen molar-refractivity contribution in [3.63, 3.8) is 0 Å². The summed E-state index contributed by atoms with van der Waals surface area (Å²) >= 11 is 0. The Hall–Kier alpha value is -3.29. The zero-order valence-electron chi connectivity index (χ0n) is 23.9. The van der Waals surface area contributed by atoms with Crippen LogP contribution in [0.5, 0.6) is 5.75 Å². The Labute approximate surface area is 241 Å². The summed E-state index contributed by atoms with van der Waals surface area (Å²) in [6, 6.07) is 14.8. The average molecular weight is 559 g/mol. The highest BCUT2D eigenvalue weighted by atomic mass is 19.1. The lowest BCUT2D eigenvalue weighted by molar-refractivity contribution is -0.144. The molecule has 0 aromatic heterocycles. The van der Waals surface area contributed by atoms with E-state index in [-0.39, 0.29) is 47.5 Å². The number of benzene rings is 2. The van der Waals surface area contributed by atoms with E-state index in [9.17, 15) is 19.1 Å². The second-order valence-corrected chi connectivity index (χ2v) is 12.3. The number of phenols is 1. The maximum absolute atomic E-state index is 13.9. The zero-order valence-corrected chi connectivity index (χ0v) is 23.9. The summed E-state index contributed by atoms with van der Waals surface area (Å²) in [5.74, 6) is -1.58. The van der Waals surface area contributed by atoms with Crippen LogP contribution in [0.4, 0.5) is 4.39 Å². The number of carbonyl (C=O) groups excluding carboxylic acids is 2. The van der Waals surface area contributed by atoms with E-state index in [0.29, 0.717) is 18.6 Å². The van der Waals surface area contributed by atoms with Crippen molar-refractivity contribution in [3.8, 4) is 5.75 Å². The monoisotopic (exact) mass is 558 g/mol. The first kappa shape index (κ1) is 27.9. The molecule has 3 fully saturated rings. The summed E-state index contributed by atoms with van der Waals surface area (Å²) in [6.45, 7) is 7.25. The normalized spacial score (nSPS) is 27.5. The van der Waals surface area contributed by atoms with Crippen LogP contribution < -0.4 is 0 Å². The third kappa shape index (κ3) is 5.50. The standard InChI is InChI=1S/C34H39FN2O4/c1-21(16-24-9-10-29(38)28(35)18-24)8-11-30-31-22(2)17-26-32(27(31)20-41-30)34(40)37(33(26)39)25-12-14-36(15-13-25)19-23-6-4-3-5-7-23/h3-7,9-10,16,18,25-27,30,32,38H,8,11-15,17,19-20H2,1-2H3/b21-16+/t26-,27+,30-,32-/m1/s1. The minimum atomic E-state index is -0.631. The van der Waals surface area contributed by atoms with Gasteiger partial charge in [0.05, 0.1) is 24.5 Å². The highest BCUT2D eigenvalue weighted by Gasteiger charge is 2.57. The van der Waals surface area contributed by atoms with E-state index in [4.69, 9.17) is 4.74 Å². The van der Waals surface area contributed by atoms with Gasteiger partial charge in [-0.15, -0.1) is 0 Å². The molecule has 1 aliphatic carbocycles. The lowest BCUT2D eigenvalue weighted by Gasteiger charge is -2.36. The van der Waals surface area contributed by atoms with Crippen LogP contribution in [0.1, 0.15) is 57.1 Å². The smallest absolute Gasteiger partial charge is 0.234 e. The van der Waals surface area contributed by atoms with Crippen molar-refractivity contribution in [2.24, 2.45) is 17.8 Å². The van der Waals surface area contributed by atoms with Crippen LogP contribution >= 0.6 is 0 Å². The Morgan fingerprint density at radius 2 is 1.83 bits per heavy atom. The number of carbonyl (C=O) groups is 2. The van der Waals surface area contributed by atoms with Crippen LogP contribution in [0.3, 0.4) is 0 Å². The predicted octanol–water partition coefficient (Wildman–Crippen LogP) is 5.72. The predicted molar refractivity (Wildman–Crippen MR) is 155 cm³/mol. The average Bonchev–Trinajstić information content (AvgIpc) is 3.49. The Morgan fingerprint density at radius 3 is 2.56 bits per heavy atom. The number of halogens is 1. The van der Waals surface area contributed by atoms with E-state index in [0.717, 1.165) is 50.9 Å². The molecule has 0 bridgehead atoms. The molecule has 2 amide bonds. The SMILES string of the molecule is CC1=C2[C@@H](CC/C(C)=C/c3ccc(O)c(F)c3)OC[C@@H]2[C@@H]2C(=O)N(C3CCN(Cc4ccccc4)CC3)C(=O)[C@@H]2C1. The number of phenolic OH excluding ortho intramolecular Hbond substituents is 1. The molecule has 0 saturated carbocycles. The first-order valence-electron chi connectivity index (χ1n) is 14.9. The van der Waals surface area contributed by atoms with Crippen molar-refractivity contribution in [2.75, 3.05) is 19.7 Å². The molecule has 3 saturated heterocycles. The number of hydrogen-bond donors (Lipinski definition) is 1. The molecule has 6 nitrogen and oxygen atoms in total. The molecule has 7 heteroatoms. The van der Waals surface area contributed by atoms with Crippen molar-refractivity contribution in [3.05, 3.63) is 82.2 Å². The summed E-state index contributed by atoms with van der Waals surface area (Å²) in [7, 11) is 0. The minimum Gasteiger partial charge on any atom is -0.505 e. The van der Waals surface area contributed by atoms with Crippen LogP contribution in [-0.2, 0) is 20.9 Å². The van der Waals surface area contributed by atoms with Crippen LogP contribution in [0.25, 0.3) is 6.08 Å². The molecule has 0 spiro atoms. The molecule has 41 heavy (non-hydrogen) atoms. The second-order valence-electron chi connectivity index (χ2n) is 12.3. The van der Waals surface area contributed by atoms with Gasteiger partial charge >= 0.3 is 0 Å². The number of likely N-dealkylation sites (tertiary alicyclic amines) is 2. The first-order valence-corrected chi connectivity index (χ1v) is 14.9. The number of imide groups is 1. The van der Waals surface area contributed by atoms with Gasteiger partial charge in [0.15, 0.2) is 11.6 Å². The van der Waals surface area contributed by atoms with Gasteiger partial charge in [0.2, 0.25) is 11.8 Å². The Balaban J connectivity index is 1.09. The van der Waals surface area contributed by atoms with Gasteiger partial charge in [-0.05, 0) is 74.8 Å². The number of ether oxygens (including phenoxy) is 1. The highest BCUT2D eigenvalue weighted by Crippen LogP contribution is 2.50. The number of allylic oxidation sites excluding steroid dienone is 2. The number of amides is 2. The largest absolute Gasteiger partial charge is 0.505 e. The molecule has 4 aliphatic rings. The molecule has 4 atom stereocenters. The van der Waals surface area contributed by atoms with Gasteiger partial charge in [-0.1, -0.05) is 53.6 Å². The summed E-state index contributed by atoms with van der Waals surface area (Å²) in [5, 5.41) is 9.44. The van der Waals surface area contributed by atoms with Gasteiger partial charge in [0, 0.05) is 31.6 Å². The van der Waals surface area contributed by atoms with Crippen molar-refractivity contribution in [1.29, 1.82) is 0 Å². The second kappa shape index (κ2) is 11.5. The lowest BCUT2D eigenvalue weighted by atomic mass is 9.70. The molecule has 216 valence electrons. The molecule has 2 aromatic rings. The van der Waals surface area contributed by atoms with E-state index in [1.807, 2.05) is 19.1 Å². The van der Waals surface area contributed by atoms with Crippen LogP contribution in [0.15, 0.2) is 65.3 Å².